The summed E-state index contributed by atoms with van der Waals surface area (Å²) >= 11 is 6.02. The quantitative estimate of drug-likeness (QED) is 0.537. The summed E-state index contributed by atoms with van der Waals surface area (Å²) < 4.78 is 0. The number of rotatable bonds is 2. The first-order valence-electron chi connectivity index (χ1n) is 6.98. The Morgan fingerprint density at radius 1 is 0.950 bits per heavy atom. The molecule has 20 heavy (non-hydrogen) atoms. The third-order valence-corrected chi connectivity index (χ3v) is 4.12. The Bertz CT molecular complexity index is 755. The number of hydrogen-bond donors (Lipinski definition) is 0. The van der Waals surface area contributed by atoms with E-state index in [9.17, 15) is 0 Å². The maximum absolute atomic E-state index is 6.02. The van der Waals surface area contributed by atoms with E-state index in [2.05, 4.69) is 56.3 Å². The molecule has 100 valence electrons. The van der Waals surface area contributed by atoms with Crippen molar-refractivity contribution in [2.45, 2.75) is 20.3 Å². The summed E-state index contributed by atoms with van der Waals surface area (Å²) in [5.74, 6) is 0. The molecule has 0 aromatic heterocycles. The highest BCUT2D eigenvalue weighted by Gasteiger charge is 2.11. The standard InChI is InChI=1S/C19H17Cl/c1-3-17-13(2)12-15-6-4-5-7-18(15)19(17)14-8-10-16(20)11-9-14/h4-12H,3H2,1-2H3. The largest absolute Gasteiger partial charge is 0.0843 e. The predicted molar refractivity (Wildman–Crippen MR) is 88.5 cm³/mol. The molecule has 3 aromatic carbocycles. The molecule has 0 amide bonds. The van der Waals surface area contributed by atoms with Gasteiger partial charge < -0.3 is 0 Å². The summed E-state index contributed by atoms with van der Waals surface area (Å²) in [6.45, 7) is 4.42. The molecule has 0 spiro atoms. The van der Waals surface area contributed by atoms with E-state index in [1.807, 2.05) is 12.1 Å². The van der Waals surface area contributed by atoms with Crippen LogP contribution in [0.5, 0.6) is 0 Å². The van der Waals surface area contributed by atoms with Gasteiger partial charge in [-0.15, -0.1) is 0 Å². The van der Waals surface area contributed by atoms with Crippen LogP contribution >= 0.6 is 11.6 Å². The van der Waals surface area contributed by atoms with Crippen molar-refractivity contribution in [3.63, 3.8) is 0 Å². The van der Waals surface area contributed by atoms with Gasteiger partial charge in [-0.3, -0.25) is 0 Å². The highest BCUT2D eigenvalue weighted by molar-refractivity contribution is 6.30. The van der Waals surface area contributed by atoms with E-state index in [4.69, 9.17) is 11.6 Å². The van der Waals surface area contributed by atoms with Gasteiger partial charge in [-0.05, 0) is 58.5 Å². The summed E-state index contributed by atoms with van der Waals surface area (Å²) in [6.07, 6.45) is 1.04. The van der Waals surface area contributed by atoms with Gasteiger partial charge in [-0.1, -0.05) is 61.0 Å². The van der Waals surface area contributed by atoms with Gasteiger partial charge in [-0.25, -0.2) is 0 Å². The van der Waals surface area contributed by atoms with Crippen LogP contribution in [0.25, 0.3) is 21.9 Å². The number of aryl methyl sites for hydroxylation is 1. The van der Waals surface area contributed by atoms with Crippen molar-refractivity contribution in [3.05, 3.63) is 70.7 Å². The van der Waals surface area contributed by atoms with E-state index >= 15 is 0 Å². The Hall–Kier alpha value is -1.79. The minimum atomic E-state index is 0.781. The first-order valence-corrected chi connectivity index (χ1v) is 7.35. The Morgan fingerprint density at radius 3 is 2.35 bits per heavy atom. The lowest BCUT2D eigenvalue weighted by molar-refractivity contribution is 1.12. The van der Waals surface area contributed by atoms with E-state index in [0.717, 1.165) is 11.4 Å². The Labute approximate surface area is 125 Å². The third-order valence-electron chi connectivity index (χ3n) is 3.87. The maximum atomic E-state index is 6.02. The van der Waals surface area contributed by atoms with Crippen molar-refractivity contribution in [1.29, 1.82) is 0 Å². The molecule has 0 unspecified atom stereocenters. The molecule has 0 bridgehead atoms. The van der Waals surface area contributed by atoms with Crippen molar-refractivity contribution in [3.8, 4) is 11.1 Å². The summed E-state index contributed by atoms with van der Waals surface area (Å²) in [4.78, 5) is 0. The predicted octanol–water partition coefficient (Wildman–Crippen LogP) is 6.03. The van der Waals surface area contributed by atoms with Gasteiger partial charge in [0.1, 0.15) is 0 Å². The van der Waals surface area contributed by atoms with E-state index in [-0.39, 0.29) is 0 Å². The molecule has 0 radical (unpaired) electrons. The van der Waals surface area contributed by atoms with Gasteiger partial charge in [0.05, 0.1) is 0 Å². The highest BCUT2D eigenvalue weighted by atomic mass is 35.5. The van der Waals surface area contributed by atoms with Crippen molar-refractivity contribution in [2.24, 2.45) is 0 Å². The van der Waals surface area contributed by atoms with Crippen LogP contribution in [0.2, 0.25) is 5.02 Å². The highest BCUT2D eigenvalue weighted by Crippen LogP contribution is 2.35. The molecule has 0 heterocycles. The minimum absolute atomic E-state index is 0.781. The van der Waals surface area contributed by atoms with Crippen molar-refractivity contribution < 1.29 is 0 Å². The molecule has 0 aliphatic rings. The summed E-state index contributed by atoms with van der Waals surface area (Å²) in [6, 6.07) is 19.0. The van der Waals surface area contributed by atoms with Crippen LogP contribution < -0.4 is 0 Å². The van der Waals surface area contributed by atoms with Crippen LogP contribution in [0.4, 0.5) is 0 Å². The van der Waals surface area contributed by atoms with Gasteiger partial charge >= 0.3 is 0 Å². The van der Waals surface area contributed by atoms with Gasteiger partial charge in [0.2, 0.25) is 0 Å². The first kappa shape index (κ1) is 13.2. The molecular formula is C19H17Cl. The molecule has 0 nitrogen and oxygen atoms in total. The van der Waals surface area contributed by atoms with Gasteiger partial charge in [0.15, 0.2) is 0 Å². The van der Waals surface area contributed by atoms with E-state index in [1.165, 1.54) is 33.0 Å². The Kier molecular flexibility index (Phi) is 3.50. The Balaban J connectivity index is 2.39. The van der Waals surface area contributed by atoms with Crippen LogP contribution in [0.1, 0.15) is 18.1 Å². The zero-order chi connectivity index (χ0) is 14.1. The summed E-state index contributed by atoms with van der Waals surface area (Å²) in [7, 11) is 0. The molecule has 0 aliphatic heterocycles. The summed E-state index contributed by atoms with van der Waals surface area (Å²) in [5, 5.41) is 3.40. The molecule has 0 N–H and O–H groups in total. The normalized spacial score (nSPS) is 10.9. The van der Waals surface area contributed by atoms with Crippen LogP contribution in [0.15, 0.2) is 54.6 Å². The van der Waals surface area contributed by atoms with Crippen molar-refractivity contribution in [1.82, 2.24) is 0 Å². The molecule has 0 fully saturated rings. The lowest BCUT2D eigenvalue weighted by atomic mass is 9.89. The van der Waals surface area contributed by atoms with Crippen LogP contribution in [-0.2, 0) is 6.42 Å². The second-order valence-electron chi connectivity index (χ2n) is 5.13. The van der Waals surface area contributed by atoms with Crippen LogP contribution in [0.3, 0.4) is 0 Å². The average molecular weight is 281 g/mol. The molecule has 0 atom stereocenters. The number of benzene rings is 3. The van der Waals surface area contributed by atoms with Crippen LogP contribution in [0, 0.1) is 6.92 Å². The molecule has 1 heteroatoms. The van der Waals surface area contributed by atoms with Crippen molar-refractivity contribution in [2.75, 3.05) is 0 Å². The fraction of sp³-hybridized carbons (Fsp3) is 0.158. The van der Waals surface area contributed by atoms with Gasteiger partial charge in [0, 0.05) is 5.02 Å². The Morgan fingerprint density at radius 2 is 1.65 bits per heavy atom. The fourth-order valence-corrected chi connectivity index (χ4v) is 3.06. The summed E-state index contributed by atoms with van der Waals surface area (Å²) in [5.41, 5.74) is 5.37. The molecule has 3 rings (SSSR count). The molecular weight excluding hydrogens is 264 g/mol. The van der Waals surface area contributed by atoms with Gasteiger partial charge in [-0.2, -0.15) is 0 Å². The monoisotopic (exact) mass is 280 g/mol. The lowest BCUT2D eigenvalue weighted by Crippen LogP contribution is -1.94. The first-order chi connectivity index (χ1) is 9.70. The topological polar surface area (TPSA) is 0 Å². The average Bonchev–Trinajstić information content (AvgIpc) is 2.47. The second-order valence-corrected chi connectivity index (χ2v) is 5.57. The fourth-order valence-electron chi connectivity index (χ4n) is 2.93. The number of hydrogen-bond acceptors (Lipinski definition) is 0. The lowest BCUT2D eigenvalue weighted by Gasteiger charge is -2.15. The zero-order valence-corrected chi connectivity index (χ0v) is 12.5. The maximum Gasteiger partial charge on any atom is 0.0406 e. The van der Waals surface area contributed by atoms with Crippen molar-refractivity contribution >= 4 is 22.4 Å². The van der Waals surface area contributed by atoms with Crippen LogP contribution in [-0.4, -0.2) is 0 Å². The number of halogens is 1. The van der Waals surface area contributed by atoms with E-state index in [1.54, 1.807) is 0 Å². The molecule has 0 saturated carbocycles. The van der Waals surface area contributed by atoms with Gasteiger partial charge in [0.25, 0.3) is 0 Å². The molecule has 0 aliphatic carbocycles. The molecule has 3 aromatic rings. The minimum Gasteiger partial charge on any atom is -0.0843 e. The van der Waals surface area contributed by atoms with E-state index < -0.39 is 0 Å². The zero-order valence-electron chi connectivity index (χ0n) is 11.8. The third kappa shape index (κ3) is 2.21. The molecule has 0 saturated heterocycles. The smallest absolute Gasteiger partial charge is 0.0406 e. The second kappa shape index (κ2) is 5.30. The van der Waals surface area contributed by atoms with E-state index in [0.29, 0.717) is 0 Å². The SMILES string of the molecule is CCc1c(C)cc2ccccc2c1-c1ccc(Cl)cc1. The number of fused-ring (bicyclic) bond motifs is 1.